The molecule has 3 N–H and O–H groups in total. The Morgan fingerprint density at radius 1 is 0.941 bits per heavy atom. The van der Waals surface area contributed by atoms with Gasteiger partial charge in [0.2, 0.25) is 0 Å². The van der Waals surface area contributed by atoms with Crippen molar-refractivity contribution in [3.8, 4) is 5.75 Å². The van der Waals surface area contributed by atoms with Crippen LogP contribution in [0.1, 0.15) is 32.1 Å². The summed E-state index contributed by atoms with van der Waals surface area (Å²) in [7, 11) is 0. The molecule has 1 heterocycles. The highest BCUT2D eigenvalue weighted by molar-refractivity contribution is 5.71. The second kappa shape index (κ2) is 4.13. The molecule has 0 radical (unpaired) electrons. The van der Waals surface area contributed by atoms with Gasteiger partial charge in [0.05, 0.1) is 11.4 Å². The van der Waals surface area contributed by atoms with E-state index in [0.29, 0.717) is 11.2 Å². The Morgan fingerprint density at radius 2 is 1.65 bits per heavy atom. The Kier molecular flexibility index (Phi) is 2.61. The van der Waals surface area contributed by atoms with Gasteiger partial charge in [0, 0.05) is 24.6 Å². The van der Waals surface area contributed by atoms with E-state index in [2.05, 4.69) is 10.6 Å². The molecule has 1 aromatic carbocycles. The van der Waals surface area contributed by atoms with Crippen LogP contribution >= 0.6 is 0 Å². The lowest BCUT2D eigenvalue weighted by Gasteiger charge is -2.36. The summed E-state index contributed by atoms with van der Waals surface area (Å²) < 4.78 is 0. The molecule has 17 heavy (non-hydrogen) atoms. The van der Waals surface area contributed by atoms with Crippen LogP contribution in [0.3, 0.4) is 0 Å². The number of hydrogen-bond donors (Lipinski definition) is 3. The number of phenolic OH excluding ortho intramolecular Hbond substituents is 1. The van der Waals surface area contributed by atoms with Crippen LogP contribution in [0.4, 0.5) is 11.4 Å². The van der Waals surface area contributed by atoms with E-state index >= 15 is 0 Å². The van der Waals surface area contributed by atoms with Crippen LogP contribution in [0, 0.1) is 5.41 Å². The SMILES string of the molecule is Oc1ccc2c(c1)NCC1(CCCCC1)CN2. The van der Waals surface area contributed by atoms with Crippen molar-refractivity contribution in [2.45, 2.75) is 32.1 Å². The third-order valence-corrected chi connectivity index (χ3v) is 4.23. The summed E-state index contributed by atoms with van der Waals surface area (Å²) >= 11 is 0. The fourth-order valence-electron chi connectivity index (χ4n) is 3.12. The summed E-state index contributed by atoms with van der Waals surface area (Å²) in [6.07, 6.45) is 6.71. The monoisotopic (exact) mass is 232 g/mol. The molecule has 3 heteroatoms. The summed E-state index contributed by atoms with van der Waals surface area (Å²) in [5.41, 5.74) is 2.56. The van der Waals surface area contributed by atoms with E-state index in [-0.39, 0.29) is 0 Å². The molecule has 1 saturated carbocycles. The predicted octanol–water partition coefficient (Wildman–Crippen LogP) is 3.18. The average molecular weight is 232 g/mol. The van der Waals surface area contributed by atoms with E-state index in [4.69, 9.17) is 0 Å². The minimum Gasteiger partial charge on any atom is -0.508 e. The van der Waals surface area contributed by atoms with Crippen molar-refractivity contribution in [1.29, 1.82) is 0 Å². The first kappa shape index (κ1) is 10.8. The van der Waals surface area contributed by atoms with Crippen LogP contribution in [-0.4, -0.2) is 18.2 Å². The summed E-state index contributed by atoms with van der Waals surface area (Å²) in [5.74, 6) is 0.331. The smallest absolute Gasteiger partial charge is 0.117 e. The van der Waals surface area contributed by atoms with Gasteiger partial charge in [-0.2, -0.15) is 0 Å². The number of nitrogens with one attached hydrogen (secondary N) is 2. The van der Waals surface area contributed by atoms with Gasteiger partial charge >= 0.3 is 0 Å². The summed E-state index contributed by atoms with van der Waals surface area (Å²) in [5, 5.41) is 16.6. The Bertz CT molecular complexity index is 411. The Balaban J connectivity index is 1.82. The number of hydrogen-bond acceptors (Lipinski definition) is 3. The quantitative estimate of drug-likeness (QED) is 0.602. The molecular weight excluding hydrogens is 212 g/mol. The number of fused-ring (bicyclic) bond motifs is 1. The molecule has 1 spiro atoms. The predicted molar refractivity (Wildman–Crippen MR) is 70.6 cm³/mol. The van der Waals surface area contributed by atoms with E-state index in [1.807, 2.05) is 12.1 Å². The number of phenols is 1. The minimum atomic E-state index is 0.331. The van der Waals surface area contributed by atoms with E-state index in [9.17, 15) is 5.11 Å². The molecule has 1 aromatic rings. The molecule has 0 atom stereocenters. The summed E-state index contributed by atoms with van der Waals surface area (Å²) in [6.45, 7) is 2.08. The van der Waals surface area contributed by atoms with Crippen molar-refractivity contribution in [3.63, 3.8) is 0 Å². The Labute approximate surface area is 102 Å². The molecule has 92 valence electrons. The van der Waals surface area contributed by atoms with Gasteiger partial charge < -0.3 is 15.7 Å². The van der Waals surface area contributed by atoms with Crippen LogP contribution in [0.25, 0.3) is 0 Å². The molecule has 3 nitrogen and oxygen atoms in total. The molecule has 2 aliphatic rings. The number of aromatic hydroxyl groups is 1. The summed E-state index contributed by atoms with van der Waals surface area (Å²) in [4.78, 5) is 0. The fraction of sp³-hybridized carbons (Fsp3) is 0.571. The number of rotatable bonds is 0. The van der Waals surface area contributed by atoms with Crippen molar-refractivity contribution in [2.24, 2.45) is 5.41 Å². The third kappa shape index (κ3) is 2.06. The van der Waals surface area contributed by atoms with Gasteiger partial charge in [-0.3, -0.25) is 0 Å². The van der Waals surface area contributed by atoms with Gasteiger partial charge in [-0.1, -0.05) is 19.3 Å². The standard InChI is InChI=1S/C14H20N2O/c17-11-4-5-12-13(8-11)16-10-14(9-15-12)6-2-1-3-7-14/h4-5,8,15-17H,1-3,6-7,9-10H2. The molecule has 0 amide bonds. The first-order valence-corrected chi connectivity index (χ1v) is 6.58. The molecule has 0 saturated heterocycles. The van der Waals surface area contributed by atoms with Crippen molar-refractivity contribution in [3.05, 3.63) is 18.2 Å². The molecule has 0 aromatic heterocycles. The first-order chi connectivity index (χ1) is 8.27. The molecular formula is C14H20N2O. The zero-order chi connectivity index (χ0) is 11.7. The van der Waals surface area contributed by atoms with Gasteiger partial charge in [-0.15, -0.1) is 0 Å². The molecule has 0 bridgehead atoms. The van der Waals surface area contributed by atoms with Gasteiger partial charge in [-0.05, 0) is 25.0 Å². The lowest BCUT2D eigenvalue weighted by Crippen LogP contribution is -2.36. The number of anilines is 2. The lowest BCUT2D eigenvalue weighted by molar-refractivity contribution is 0.224. The fourth-order valence-corrected chi connectivity index (χ4v) is 3.12. The van der Waals surface area contributed by atoms with Crippen LogP contribution in [-0.2, 0) is 0 Å². The topological polar surface area (TPSA) is 44.3 Å². The van der Waals surface area contributed by atoms with Gasteiger partial charge in [-0.25, -0.2) is 0 Å². The highest BCUT2D eigenvalue weighted by Gasteiger charge is 2.33. The lowest BCUT2D eigenvalue weighted by atomic mass is 9.74. The van der Waals surface area contributed by atoms with E-state index in [1.54, 1.807) is 6.07 Å². The maximum absolute atomic E-state index is 9.51. The molecule has 1 fully saturated rings. The third-order valence-electron chi connectivity index (χ3n) is 4.23. The van der Waals surface area contributed by atoms with Crippen molar-refractivity contribution in [2.75, 3.05) is 23.7 Å². The van der Waals surface area contributed by atoms with Crippen molar-refractivity contribution in [1.82, 2.24) is 0 Å². The van der Waals surface area contributed by atoms with Crippen LogP contribution in [0.5, 0.6) is 5.75 Å². The molecule has 1 aliphatic heterocycles. The average Bonchev–Trinajstić information content (AvgIpc) is 2.52. The van der Waals surface area contributed by atoms with Crippen molar-refractivity contribution < 1.29 is 5.11 Å². The minimum absolute atomic E-state index is 0.331. The molecule has 1 aliphatic carbocycles. The van der Waals surface area contributed by atoms with Gasteiger partial charge in [0.25, 0.3) is 0 Å². The van der Waals surface area contributed by atoms with Crippen molar-refractivity contribution >= 4 is 11.4 Å². The van der Waals surface area contributed by atoms with Gasteiger partial charge in [0.1, 0.15) is 5.75 Å². The Morgan fingerprint density at radius 3 is 2.41 bits per heavy atom. The zero-order valence-corrected chi connectivity index (χ0v) is 10.1. The number of benzene rings is 1. The van der Waals surface area contributed by atoms with Gasteiger partial charge in [0.15, 0.2) is 0 Å². The van der Waals surface area contributed by atoms with E-state index in [1.165, 1.54) is 32.1 Å². The van der Waals surface area contributed by atoms with E-state index in [0.717, 1.165) is 24.5 Å². The highest BCUT2D eigenvalue weighted by atomic mass is 16.3. The maximum Gasteiger partial charge on any atom is 0.117 e. The molecule has 0 unspecified atom stereocenters. The molecule has 3 rings (SSSR count). The normalized spacial score (nSPS) is 22.1. The maximum atomic E-state index is 9.51. The van der Waals surface area contributed by atoms with Crippen LogP contribution < -0.4 is 10.6 Å². The summed E-state index contributed by atoms with van der Waals surface area (Å²) in [6, 6.07) is 5.51. The Hall–Kier alpha value is -1.38. The first-order valence-electron chi connectivity index (χ1n) is 6.58. The van der Waals surface area contributed by atoms with E-state index < -0.39 is 0 Å². The largest absolute Gasteiger partial charge is 0.508 e. The second-order valence-corrected chi connectivity index (χ2v) is 5.50. The van der Waals surface area contributed by atoms with Crippen LogP contribution in [0.15, 0.2) is 18.2 Å². The highest BCUT2D eigenvalue weighted by Crippen LogP contribution is 2.40. The zero-order valence-electron chi connectivity index (χ0n) is 10.1. The second-order valence-electron chi connectivity index (χ2n) is 5.50. The van der Waals surface area contributed by atoms with Crippen LogP contribution in [0.2, 0.25) is 0 Å².